The second-order valence-corrected chi connectivity index (χ2v) is 8.77. The number of aromatic nitrogens is 2. The minimum absolute atomic E-state index is 0.0257. The maximum Gasteiger partial charge on any atom is 0.259 e. The molecule has 6 nitrogen and oxygen atoms in total. The fourth-order valence-corrected chi connectivity index (χ4v) is 5.63. The van der Waals surface area contributed by atoms with E-state index in [-0.39, 0.29) is 5.56 Å². The van der Waals surface area contributed by atoms with E-state index in [0.717, 1.165) is 60.7 Å². The smallest absolute Gasteiger partial charge is 0.259 e. The predicted octanol–water partition coefficient (Wildman–Crippen LogP) is 2.89. The second-order valence-electron chi connectivity index (χ2n) is 7.69. The number of nitrogens with one attached hydrogen (secondary N) is 1. The first-order valence-electron chi connectivity index (χ1n) is 9.97. The van der Waals surface area contributed by atoms with Crippen LogP contribution in [0.25, 0.3) is 10.2 Å². The van der Waals surface area contributed by atoms with Crippen LogP contribution in [0.5, 0.6) is 5.75 Å². The van der Waals surface area contributed by atoms with Gasteiger partial charge in [0.05, 0.1) is 11.9 Å². The third-order valence-corrected chi connectivity index (χ3v) is 7.00. The Balaban J connectivity index is 1.30. The number of aromatic amines is 1. The highest BCUT2D eigenvalue weighted by atomic mass is 32.1. The van der Waals surface area contributed by atoms with Crippen LogP contribution in [0.15, 0.2) is 29.1 Å². The number of piperazine rings is 1. The van der Waals surface area contributed by atoms with Gasteiger partial charge in [-0.1, -0.05) is 6.07 Å². The van der Waals surface area contributed by atoms with Gasteiger partial charge < -0.3 is 15.0 Å². The summed E-state index contributed by atoms with van der Waals surface area (Å²) in [5.74, 6) is 1.07. The van der Waals surface area contributed by atoms with Gasteiger partial charge in [0.1, 0.15) is 16.4 Å². The van der Waals surface area contributed by atoms with E-state index in [2.05, 4.69) is 14.8 Å². The summed E-state index contributed by atoms with van der Waals surface area (Å²) in [4.78, 5) is 27.4. The van der Waals surface area contributed by atoms with E-state index in [9.17, 15) is 9.90 Å². The number of aromatic hydroxyl groups is 1. The number of phenols is 1. The number of hydrogen-bond acceptors (Lipinski definition) is 6. The molecule has 0 radical (unpaired) electrons. The first kappa shape index (κ1) is 17.7. The SMILES string of the molecule is O=c1[nH]c(CN2CCN(c3cccc(O)c3)CC2)nc2sc3c(c12)CCCC3. The molecular formula is C21H24N4O2S. The number of nitrogens with zero attached hydrogens (tertiary/aromatic N) is 3. The molecule has 1 saturated heterocycles. The highest BCUT2D eigenvalue weighted by Gasteiger charge is 2.22. The van der Waals surface area contributed by atoms with Gasteiger partial charge >= 0.3 is 0 Å². The predicted molar refractivity (Wildman–Crippen MR) is 112 cm³/mol. The molecule has 2 N–H and O–H groups in total. The maximum atomic E-state index is 12.7. The average molecular weight is 397 g/mol. The Morgan fingerprint density at radius 2 is 1.96 bits per heavy atom. The molecule has 3 heterocycles. The highest BCUT2D eigenvalue weighted by molar-refractivity contribution is 7.18. The molecule has 1 aliphatic heterocycles. The molecule has 2 aliphatic rings. The Kier molecular flexibility index (Phi) is 4.56. The number of benzene rings is 1. The summed E-state index contributed by atoms with van der Waals surface area (Å²) >= 11 is 1.71. The molecular weight excluding hydrogens is 372 g/mol. The summed E-state index contributed by atoms with van der Waals surface area (Å²) in [7, 11) is 0. The van der Waals surface area contributed by atoms with Gasteiger partial charge in [-0.15, -0.1) is 11.3 Å². The standard InChI is InChI=1S/C21H24N4O2S/c26-15-5-3-4-14(12-15)25-10-8-24(9-11-25)13-18-22-20(27)19-16-6-1-2-7-17(16)28-21(19)23-18/h3-5,12,26H,1-2,6-11,13H2,(H,22,23,27). The zero-order valence-electron chi connectivity index (χ0n) is 15.8. The second kappa shape index (κ2) is 7.22. The zero-order chi connectivity index (χ0) is 19.1. The number of thiophene rings is 1. The first-order valence-corrected chi connectivity index (χ1v) is 10.8. The van der Waals surface area contributed by atoms with Crippen molar-refractivity contribution in [2.24, 2.45) is 0 Å². The first-order chi connectivity index (χ1) is 13.7. The minimum Gasteiger partial charge on any atom is -0.508 e. The fourth-order valence-electron chi connectivity index (χ4n) is 4.35. The average Bonchev–Trinajstić information content (AvgIpc) is 3.07. The molecule has 1 aliphatic carbocycles. The molecule has 2 aromatic heterocycles. The van der Waals surface area contributed by atoms with Gasteiger partial charge in [0.25, 0.3) is 5.56 Å². The number of fused-ring (bicyclic) bond motifs is 3. The van der Waals surface area contributed by atoms with E-state index >= 15 is 0 Å². The van der Waals surface area contributed by atoms with Crippen molar-refractivity contribution in [2.45, 2.75) is 32.2 Å². The number of H-pyrrole nitrogens is 1. The molecule has 0 spiro atoms. The van der Waals surface area contributed by atoms with Crippen LogP contribution in [0, 0.1) is 0 Å². The molecule has 28 heavy (non-hydrogen) atoms. The Bertz CT molecular complexity index is 1070. The topological polar surface area (TPSA) is 72.5 Å². The molecule has 146 valence electrons. The normalized spacial score (nSPS) is 17.8. The van der Waals surface area contributed by atoms with Crippen molar-refractivity contribution in [2.75, 3.05) is 31.1 Å². The minimum atomic E-state index is 0.0257. The Morgan fingerprint density at radius 1 is 1.14 bits per heavy atom. The Labute approximate surface area is 167 Å². The lowest BCUT2D eigenvalue weighted by Gasteiger charge is -2.35. The van der Waals surface area contributed by atoms with Crippen LogP contribution >= 0.6 is 11.3 Å². The van der Waals surface area contributed by atoms with E-state index in [0.29, 0.717) is 12.3 Å². The highest BCUT2D eigenvalue weighted by Crippen LogP contribution is 2.33. The lowest BCUT2D eigenvalue weighted by molar-refractivity contribution is 0.244. The van der Waals surface area contributed by atoms with Crippen molar-refractivity contribution in [3.8, 4) is 5.75 Å². The van der Waals surface area contributed by atoms with Crippen LogP contribution in [-0.4, -0.2) is 46.2 Å². The summed E-state index contributed by atoms with van der Waals surface area (Å²) in [5, 5.41) is 10.5. The van der Waals surface area contributed by atoms with E-state index in [4.69, 9.17) is 4.98 Å². The van der Waals surface area contributed by atoms with Crippen molar-refractivity contribution < 1.29 is 5.11 Å². The summed E-state index contributed by atoms with van der Waals surface area (Å²) < 4.78 is 0. The van der Waals surface area contributed by atoms with E-state index in [1.165, 1.54) is 23.3 Å². The maximum absolute atomic E-state index is 12.7. The number of hydrogen-bond donors (Lipinski definition) is 2. The molecule has 1 fully saturated rings. The summed E-state index contributed by atoms with van der Waals surface area (Å²) in [5.41, 5.74) is 2.32. The molecule has 0 atom stereocenters. The largest absolute Gasteiger partial charge is 0.508 e. The van der Waals surface area contributed by atoms with Crippen LogP contribution < -0.4 is 10.5 Å². The van der Waals surface area contributed by atoms with E-state index in [1.54, 1.807) is 23.5 Å². The lowest BCUT2D eigenvalue weighted by Crippen LogP contribution is -2.46. The molecule has 0 bridgehead atoms. The molecule has 7 heteroatoms. The zero-order valence-corrected chi connectivity index (χ0v) is 16.6. The molecule has 1 aromatic carbocycles. The van der Waals surface area contributed by atoms with Crippen LogP contribution in [0.1, 0.15) is 29.1 Å². The van der Waals surface area contributed by atoms with Crippen LogP contribution in [-0.2, 0) is 19.4 Å². The van der Waals surface area contributed by atoms with Crippen molar-refractivity contribution >= 4 is 27.2 Å². The van der Waals surface area contributed by atoms with Crippen molar-refractivity contribution in [3.05, 3.63) is 50.9 Å². The molecule has 5 rings (SSSR count). The van der Waals surface area contributed by atoms with Crippen molar-refractivity contribution in [3.63, 3.8) is 0 Å². The summed E-state index contributed by atoms with van der Waals surface area (Å²) in [6, 6.07) is 7.41. The number of anilines is 1. The number of rotatable bonds is 3. The number of aryl methyl sites for hydroxylation is 2. The molecule has 3 aromatic rings. The van der Waals surface area contributed by atoms with Gasteiger partial charge in [-0.2, -0.15) is 0 Å². The van der Waals surface area contributed by atoms with Crippen LogP contribution in [0.4, 0.5) is 5.69 Å². The lowest BCUT2D eigenvalue weighted by atomic mass is 9.97. The number of phenolic OH excluding ortho intramolecular Hbond substituents is 1. The van der Waals surface area contributed by atoms with Crippen molar-refractivity contribution in [1.82, 2.24) is 14.9 Å². The quantitative estimate of drug-likeness (QED) is 0.712. The van der Waals surface area contributed by atoms with Gasteiger partial charge in [-0.05, 0) is 43.4 Å². The van der Waals surface area contributed by atoms with Gasteiger partial charge in [-0.25, -0.2) is 4.98 Å². The summed E-state index contributed by atoms with van der Waals surface area (Å²) in [6.07, 6.45) is 4.48. The molecule has 0 amide bonds. The Hall–Kier alpha value is -2.38. The third kappa shape index (κ3) is 3.29. The molecule has 0 saturated carbocycles. The van der Waals surface area contributed by atoms with Gasteiger partial charge in [0, 0.05) is 42.8 Å². The van der Waals surface area contributed by atoms with Gasteiger partial charge in [-0.3, -0.25) is 9.69 Å². The van der Waals surface area contributed by atoms with Crippen molar-refractivity contribution in [1.29, 1.82) is 0 Å². The fraction of sp³-hybridized carbons (Fsp3) is 0.429. The van der Waals surface area contributed by atoms with Crippen LogP contribution in [0.3, 0.4) is 0 Å². The molecule has 0 unspecified atom stereocenters. The van der Waals surface area contributed by atoms with Gasteiger partial charge in [0.2, 0.25) is 0 Å². The Morgan fingerprint density at radius 3 is 2.79 bits per heavy atom. The van der Waals surface area contributed by atoms with E-state index in [1.807, 2.05) is 12.1 Å². The monoisotopic (exact) mass is 396 g/mol. The van der Waals surface area contributed by atoms with E-state index < -0.39 is 0 Å². The van der Waals surface area contributed by atoms with Crippen LogP contribution in [0.2, 0.25) is 0 Å². The van der Waals surface area contributed by atoms with Gasteiger partial charge in [0.15, 0.2) is 0 Å². The third-order valence-electron chi connectivity index (χ3n) is 5.81. The summed E-state index contributed by atoms with van der Waals surface area (Å²) in [6.45, 7) is 4.25.